The van der Waals surface area contributed by atoms with E-state index in [4.69, 9.17) is 9.16 Å². The van der Waals surface area contributed by atoms with Crippen molar-refractivity contribution in [1.82, 2.24) is 0 Å². The third-order valence-corrected chi connectivity index (χ3v) is 7.83. The van der Waals surface area contributed by atoms with E-state index >= 15 is 0 Å². The van der Waals surface area contributed by atoms with E-state index in [1.807, 2.05) is 0 Å². The molecule has 0 aromatic rings. The molecule has 0 bridgehead atoms. The molecule has 1 aliphatic rings. The monoisotopic (exact) mass is 230 g/mol. The molecule has 88 valence electrons. The lowest BCUT2D eigenvalue weighted by Gasteiger charge is -2.37. The van der Waals surface area contributed by atoms with Crippen molar-refractivity contribution in [3.63, 3.8) is 0 Å². The molecular formula is C11H22O3Si. The first-order chi connectivity index (χ1) is 6.74. The van der Waals surface area contributed by atoms with Crippen molar-refractivity contribution in [2.24, 2.45) is 0 Å². The summed E-state index contributed by atoms with van der Waals surface area (Å²) in [7, 11) is -1.72. The lowest BCUT2D eigenvalue weighted by molar-refractivity contribution is 0.0253. The highest BCUT2D eigenvalue weighted by Crippen LogP contribution is 2.36. The predicted octanol–water partition coefficient (Wildman–Crippen LogP) is 2.28. The second kappa shape index (κ2) is 4.27. The summed E-state index contributed by atoms with van der Waals surface area (Å²) in [6.07, 6.45) is 2.46. The predicted molar refractivity (Wildman–Crippen MR) is 63.2 cm³/mol. The third kappa shape index (κ3) is 3.06. The highest BCUT2D eigenvalue weighted by Gasteiger charge is 2.38. The normalized spacial score (nSPS) is 26.8. The van der Waals surface area contributed by atoms with Crippen LogP contribution in [0.3, 0.4) is 0 Å². The highest BCUT2D eigenvalue weighted by molar-refractivity contribution is 6.74. The summed E-state index contributed by atoms with van der Waals surface area (Å²) in [5.41, 5.74) is 0. The van der Waals surface area contributed by atoms with Crippen molar-refractivity contribution in [2.45, 2.75) is 51.1 Å². The number of hydrogen-bond acceptors (Lipinski definition) is 3. The van der Waals surface area contributed by atoms with E-state index < -0.39 is 14.4 Å². The average molecular weight is 230 g/mol. The van der Waals surface area contributed by atoms with Gasteiger partial charge in [0.25, 0.3) is 0 Å². The van der Waals surface area contributed by atoms with E-state index in [9.17, 15) is 5.11 Å². The van der Waals surface area contributed by atoms with E-state index in [-0.39, 0.29) is 11.1 Å². The zero-order chi connectivity index (χ0) is 11.7. The highest BCUT2D eigenvalue weighted by atomic mass is 28.4. The smallest absolute Gasteiger partial charge is 0.192 e. The van der Waals surface area contributed by atoms with E-state index in [0.717, 1.165) is 0 Å². The molecule has 0 amide bonds. The Morgan fingerprint density at radius 1 is 1.40 bits per heavy atom. The molecule has 1 rings (SSSR count). The molecule has 0 aromatic carbocycles. The van der Waals surface area contributed by atoms with Crippen LogP contribution in [0.1, 0.15) is 20.8 Å². The van der Waals surface area contributed by atoms with Gasteiger partial charge in [0.1, 0.15) is 12.2 Å². The summed E-state index contributed by atoms with van der Waals surface area (Å²) in [5.74, 6) is 0. The zero-order valence-electron chi connectivity index (χ0n) is 10.3. The van der Waals surface area contributed by atoms with Gasteiger partial charge in [-0.1, -0.05) is 20.8 Å². The van der Waals surface area contributed by atoms with Gasteiger partial charge in [0.15, 0.2) is 8.32 Å². The van der Waals surface area contributed by atoms with E-state index in [1.54, 1.807) is 12.3 Å². The fourth-order valence-corrected chi connectivity index (χ4v) is 2.09. The molecular weight excluding hydrogens is 208 g/mol. The van der Waals surface area contributed by atoms with E-state index in [2.05, 4.69) is 33.9 Å². The van der Waals surface area contributed by atoms with Gasteiger partial charge in [-0.2, -0.15) is 0 Å². The molecule has 0 unspecified atom stereocenters. The zero-order valence-corrected chi connectivity index (χ0v) is 11.3. The van der Waals surface area contributed by atoms with E-state index in [1.165, 1.54) is 0 Å². The molecule has 1 aliphatic heterocycles. The SMILES string of the molecule is CC(C)(C)[Si](C)(C)OC[C@H]1OC=C[C@@H]1O. The van der Waals surface area contributed by atoms with Crippen LogP contribution in [0.5, 0.6) is 0 Å². The van der Waals surface area contributed by atoms with Crippen molar-refractivity contribution in [3.8, 4) is 0 Å². The van der Waals surface area contributed by atoms with Crippen LogP contribution in [0.2, 0.25) is 18.1 Å². The Hall–Kier alpha value is -0.323. The lowest BCUT2D eigenvalue weighted by Crippen LogP contribution is -2.43. The van der Waals surface area contributed by atoms with Crippen LogP contribution in [0.15, 0.2) is 12.3 Å². The molecule has 2 atom stereocenters. The second-order valence-corrected chi connectivity index (χ2v) is 10.4. The maximum Gasteiger partial charge on any atom is 0.192 e. The average Bonchev–Trinajstić information content (AvgIpc) is 2.46. The van der Waals surface area contributed by atoms with Gasteiger partial charge in [0.2, 0.25) is 0 Å². The summed E-state index contributed by atoms with van der Waals surface area (Å²) in [4.78, 5) is 0. The van der Waals surface area contributed by atoms with Crippen LogP contribution in [0.25, 0.3) is 0 Å². The second-order valence-electron chi connectivity index (χ2n) is 5.56. The standard InChI is InChI=1S/C11H22O3Si/c1-11(2,3)15(4,5)14-8-10-9(12)6-7-13-10/h6-7,9-10,12H,8H2,1-5H3/t9-,10+/m0/s1. The molecule has 1 N–H and O–H groups in total. The van der Waals surface area contributed by atoms with Crippen LogP contribution in [0, 0.1) is 0 Å². The summed E-state index contributed by atoms with van der Waals surface area (Å²) < 4.78 is 11.2. The van der Waals surface area contributed by atoms with Gasteiger partial charge in [-0.15, -0.1) is 0 Å². The number of ether oxygens (including phenoxy) is 1. The summed E-state index contributed by atoms with van der Waals surface area (Å²) >= 11 is 0. The first-order valence-electron chi connectivity index (χ1n) is 5.38. The molecule has 1 heterocycles. The minimum Gasteiger partial charge on any atom is -0.493 e. The van der Waals surface area contributed by atoms with Gasteiger partial charge in [-0.3, -0.25) is 0 Å². The molecule has 0 saturated heterocycles. The molecule has 0 fully saturated rings. The minimum absolute atomic E-state index is 0.198. The number of hydrogen-bond donors (Lipinski definition) is 1. The topological polar surface area (TPSA) is 38.7 Å². The molecule has 15 heavy (non-hydrogen) atoms. The third-order valence-electron chi connectivity index (χ3n) is 3.32. The van der Waals surface area contributed by atoms with Gasteiger partial charge in [-0.25, -0.2) is 0 Å². The summed E-state index contributed by atoms with van der Waals surface area (Å²) in [6, 6.07) is 0. The van der Waals surface area contributed by atoms with Gasteiger partial charge in [0, 0.05) is 0 Å². The molecule has 0 saturated carbocycles. The first-order valence-corrected chi connectivity index (χ1v) is 8.29. The molecule has 0 aliphatic carbocycles. The Balaban J connectivity index is 2.43. The fourth-order valence-electron chi connectivity index (χ4n) is 1.08. The molecule has 4 heteroatoms. The fraction of sp³-hybridized carbons (Fsp3) is 0.818. The van der Waals surface area contributed by atoms with Crippen molar-refractivity contribution in [3.05, 3.63) is 12.3 Å². The summed E-state index contributed by atoms with van der Waals surface area (Å²) in [5, 5.41) is 9.71. The minimum atomic E-state index is -1.72. The Kier molecular flexibility index (Phi) is 3.63. The van der Waals surface area contributed by atoms with Crippen LogP contribution >= 0.6 is 0 Å². The van der Waals surface area contributed by atoms with E-state index in [0.29, 0.717) is 6.61 Å². The van der Waals surface area contributed by atoms with Crippen LogP contribution in [-0.2, 0) is 9.16 Å². The lowest BCUT2D eigenvalue weighted by atomic mass is 10.2. The first kappa shape index (κ1) is 12.7. The van der Waals surface area contributed by atoms with Crippen LogP contribution < -0.4 is 0 Å². The Labute approximate surface area is 93.2 Å². The van der Waals surface area contributed by atoms with Gasteiger partial charge in [0.05, 0.1) is 12.9 Å². The Morgan fingerprint density at radius 3 is 2.40 bits per heavy atom. The van der Waals surface area contributed by atoms with Gasteiger partial charge in [-0.05, 0) is 24.2 Å². The van der Waals surface area contributed by atoms with Crippen LogP contribution in [-0.4, -0.2) is 32.2 Å². The Morgan fingerprint density at radius 2 is 2.00 bits per heavy atom. The maximum absolute atomic E-state index is 9.51. The quantitative estimate of drug-likeness (QED) is 0.756. The van der Waals surface area contributed by atoms with Crippen molar-refractivity contribution >= 4 is 8.32 Å². The molecule has 0 spiro atoms. The maximum atomic E-state index is 9.51. The van der Waals surface area contributed by atoms with Crippen molar-refractivity contribution < 1.29 is 14.3 Å². The van der Waals surface area contributed by atoms with Crippen molar-refractivity contribution in [2.75, 3.05) is 6.61 Å². The number of aliphatic hydroxyl groups excluding tert-OH is 1. The Bertz CT molecular complexity index is 243. The molecule has 0 aromatic heterocycles. The number of aliphatic hydroxyl groups is 1. The summed E-state index contributed by atoms with van der Waals surface area (Å²) in [6.45, 7) is 11.5. The molecule has 0 radical (unpaired) electrons. The molecule has 3 nitrogen and oxygen atoms in total. The van der Waals surface area contributed by atoms with Crippen LogP contribution in [0.4, 0.5) is 0 Å². The van der Waals surface area contributed by atoms with Gasteiger partial charge < -0.3 is 14.3 Å². The largest absolute Gasteiger partial charge is 0.493 e. The van der Waals surface area contributed by atoms with Gasteiger partial charge >= 0.3 is 0 Å². The number of rotatable bonds is 3. The van der Waals surface area contributed by atoms with Crippen molar-refractivity contribution in [1.29, 1.82) is 0 Å².